The number of hydrogen-bond donors (Lipinski definition) is 0. The van der Waals surface area contributed by atoms with E-state index >= 15 is 0 Å². The minimum atomic E-state index is 0.620. The molecular formula is C63H39N5O. The Hall–Kier alpha value is -9.39. The van der Waals surface area contributed by atoms with Crippen molar-refractivity contribution in [3.8, 4) is 67.8 Å². The van der Waals surface area contributed by atoms with Crippen molar-refractivity contribution in [3.05, 3.63) is 237 Å². The predicted molar refractivity (Wildman–Crippen MR) is 283 cm³/mol. The van der Waals surface area contributed by atoms with E-state index in [1.165, 1.54) is 21.5 Å². The van der Waals surface area contributed by atoms with Crippen LogP contribution in [0.1, 0.15) is 0 Å². The second kappa shape index (κ2) is 15.6. The molecule has 0 aliphatic carbocycles. The Morgan fingerprint density at radius 1 is 0.275 bits per heavy atom. The van der Waals surface area contributed by atoms with Crippen molar-refractivity contribution < 1.29 is 4.42 Å². The second-order valence-corrected chi connectivity index (χ2v) is 17.6. The Morgan fingerprint density at radius 2 is 0.783 bits per heavy atom. The van der Waals surface area contributed by atoms with E-state index in [4.69, 9.17) is 19.4 Å². The van der Waals surface area contributed by atoms with Crippen LogP contribution in [0.5, 0.6) is 0 Å². The van der Waals surface area contributed by atoms with Gasteiger partial charge < -0.3 is 13.6 Å². The molecule has 0 amide bonds. The first-order valence-electron chi connectivity index (χ1n) is 23.3. The van der Waals surface area contributed by atoms with Gasteiger partial charge in [0.2, 0.25) is 0 Å². The molecule has 14 rings (SSSR count). The molecule has 0 aliphatic rings. The lowest BCUT2D eigenvalue weighted by Crippen LogP contribution is -2.01. The van der Waals surface area contributed by atoms with Gasteiger partial charge >= 0.3 is 0 Å². The summed E-state index contributed by atoms with van der Waals surface area (Å²) in [6.07, 6.45) is 0. The third-order valence-corrected chi connectivity index (χ3v) is 13.6. The van der Waals surface area contributed by atoms with E-state index in [0.717, 1.165) is 94.3 Å². The first kappa shape index (κ1) is 38.8. The summed E-state index contributed by atoms with van der Waals surface area (Å²) >= 11 is 0. The molecule has 14 aromatic rings. The minimum absolute atomic E-state index is 0.620. The first-order chi connectivity index (χ1) is 34.2. The van der Waals surface area contributed by atoms with E-state index in [1.807, 2.05) is 72.8 Å². The SMILES string of the molecule is c1ccc(-c2nc(-c3ccccc3)nc(-c3cccc(-n4c5ccccc5c5ccc(-c6ccc7c(c6)c6ccccc6n7-c6ccc(-c7cccc8c7oc7ccccc78)cc6)cc54)c3)n2)cc1. The van der Waals surface area contributed by atoms with Crippen molar-refractivity contribution in [3.63, 3.8) is 0 Å². The molecule has 0 radical (unpaired) electrons. The molecule has 0 aliphatic heterocycles. The summed E-state index contributed by atoms with van der Waals surface area (Å²) in [5.41, 5.74) is 15.8. The fourth-order valence-corrected chi connectivity index (χ4v) is 10.3. The molecule has 0 fully saturated rings. The number of fused-ring (bicyclic) bond motifs is 9. The van der Waals surface area contributed by atoms with Crippen molar-refractivity contribution in [2.75, 3.05) is 0 Å². The highest BCUT2D eigenvalue weighted by Crippen LogP contribution is 2.40. The molecule has 0 saturated carbocycles. The number of hydrogen-bond acceptors (Lipinski definition) is 4. The summed E-state index contributed by atoms with van der Waals surface area (Å²) in [6.45, 7) is 0. The summed E-state index contributed by atoms with van der Waals surface area (Å²) in [6, 6.07) is 83.5. The molecule has 322 valence electrons. The quantitative estimate of drug-likeness (QED) is 0.160. The van der Waals surface area contributed by atoms with Gasteiger partial charge in [0, 0.05) is 65.9 Å². The number of aromatic nitrogens is 5. The van der Waals surface area contributed by atoms with Crippen molar-refractivity contribution >= 4 is 65.6 Å². The second-order valence-electron chi connectivity index (χ2n) is 17.6. The number of benzene rings is 10. The zero-order chi connectivity index (χ0) is 45.4. The highest BCUT2D eigenvalue weighted by molar-refractivity contribution is 6.13. The number of nitrogens with zero attached hydrogens (tertiary/aromatic N) is 5. The van der Waals surface area contributed by atoms with Gasteiger partial charge in [-0.3, -0.25) is 0 Å². The number of para-hydroxylation sites is 4. The summed E-state index contributed by atoms with van der Waals surface area (Å²) in [7, 11) is 0. The van der Waals surface area contributed by atoms with E-state index in [0.29, 0.717) is 17.5 Å². The normalized spacial score (nSPS) is 11.8. The third kappa shape index (κ3) is 6.38. The molecule has 10 aromatic carbocycles. The molecular weight excluding hydrogens is 843 g/mol. The smallest absolute Gasteiger partial charge is 0.164 e. The van der Waals surface area contributed by atoms with Gasteiger partial charge in [-0.15, -0.1) is 0 Å². The molecule has 0 spiro atoms. The van der Waals surface area contributed by atoms with Crippen LogP contribution in [0.15, 0.2) is 241 Å². The Balaban J connectivity index is 0.871. The van der Waals surface area contributed by atoms with Gasteiger partial charge in [-0.25, -0.2) is 15.0 Å². The van der Waals surface area contributed by atoms with Crippen LogP contribution in [-0.2, 0) is 0 Å². The maximum absolute atomic E-state index is 6.41. The van der Waals surface area contributed by atoms with Crippen LogP contribution in [0, 0.1) is 0 Å². The van der Waals surface area contributed by atoms with Crippen molar-refractivity contribution in [1.29, 1.82) is 0 Å². The summed E-state index contributed by atoms with van der Waals surface area (Å²) in [4.78, 5) is 15.1. The lowest BCUT2D eigenvalue weighted by Gasteiger charge is -2.12. The molecule has 0 unspecified atom stereocenters. The summed E-state index contributed by atoms with van der Waals surface area (Å²) < 4.78 is 11.2. The van der Waals surface area contributed by atoms with E-state index in [1.54, 1.807) is 0 Å². The predicted octanol–water partition coefficient (Wildman–Crippen LogP) is 16.3. The zero-order valence-electron chi connectivity index (χ0n) is 37.2. The molecule has 0 bridgehead atoms. The summed E-state index contributed by atoms with van der Waals surface area (Å²) in [5, 5.41) is 7.07. The van der Waals surface area contributed by atoms with Gasteiger partial charge in [0.1, 0.15) is 11.2 Å². The lowest BCUT2D eigenvalue weighted by molar-refractivity contribution is 0.670. The molecule has 0 saturated heterocycles. The van der Waals surface area contributed by atoms with Crippen molar-refractivity contribution in [2.45, 2.75) is 0 Å². The fraction of sp³-hybridized carbons (Fsp3) is 0. The molecule has 4 heterocycles. The van der Waals surface area contributed by atoms with Crippen molar-refractivity contribution in [2.24, 2.45) is 0 Å². The standard InChI is InChI=1S/C63H39N5O/c1-3-15-41(16-4-1)61-64-62(42-17-5-2-6-18-42)66-63(65-61)45-19-13-20-47(37-45)68-55-26-10-7-21-49(55)51-35-31-44(39-58(51)68)43-32-36-57-54(38-43)50-22-8-11-27-56(50)67(57)46-33-29-40(30-34-46)48-24-14-25-53-52-23-9-12-28-59(52)69-60(48)53/h1-39H. The minimum Gasteiger partial charge on any atom is -0.455 e. The topological polar surface area (TPSA) is 61.7 Å². The van der Waals surface area contributed by atoms with Crippen LogP contribution in [0.2, 0.25) is 0 Å². The van der Waals surface area contributed by atoms with Gasteiger partial charge in [0.25, 0.3) is 0 Å². The van der Waals surface area contributed by atoms with E-state index < -0.39 is 0 Å². The molecule has 6 heteroatoms. The Kier molecular flexibility index (Phi) is 8.79. The van der Waals surface area contributed by atoms with Crippen molar-refractivity contribution in [1.82, 2.24) is 24.1 Å². The fourth-order valence-electron chi connectivity index (χ4n) is 10.3. The van der Waals surface area contributed by atoms with Crippen LogP contribution >= 0.6 is 0 Å². The first-order valence-corrected chi connectivity index (χ1v) is 23.3. The van der Waals surface area contributed by atoms with Crippen LogP contribution in [0.3, 0.4) is 0 Å². The van der Waals surface area contributed by atoms with Crippen LogP contribution < -0.4 is 0 Å². The molecule has 6 nitrogen and oxygen atoms in total. The van der Waals surface area contributed by atoms with Gasteiger partial charge in [-0.1, -0.05) is 176 Å². The van der Waals surface area contributed by atoms with Crippen LogP contribution in [0.4, 0.5) is 0 Å². The third-order valence-electron chi connectivity index (χ3n) is 13.6. The highest BCUT2D eigenvalue weighted by atomic mass is 16.3. The maximum atomic E-state index is 6.41. The van der Waals surface area contributed by atoms with Gasteiger partial charge in [0.05, 0.1) is 22.1 Å². The highest BCUT2D eigenvalue weighted by Gasteiger charge is 2.19. The summed E-state index contributed by atoms with van der Waals surface area (Å²) in [5.74, 6) is 1.89. The lowest BCUT2D eigenvalue weighted by atomic mass is 10.0. The molecule has 69 heavy (non-hydrogen) atoms. The molecule has 0 N–H and O–H groups in total. The average Bonchev–Trinajstić information content (AvgIpc) is 4.09. The van der Waals surface area contributed by atoms with Crippen LogP contribution in [-0.4, -0.2) is 24.1 Å². The Morgan fingerprint density at radius 3 is 1.51 bits per heavy atom. The Bertz CT molecular complexity index is 4240. The number of furan rings is 1. The van der Waals surface area contributed by atoms with Gasteiger partial charge in [0.15, 0.2) is 17.5 Å². The van der Waals surface area contributed by atoms with E-state index in [2.05, 4.69) is 173 Å². The largest absolute Gasteiger partial charge is 0.455 e. The zero-order valence-corrected chi connectivity index (χ0v) is 37.2. The van der Waals surface area contributed by atoms with Gasteiger partial charge in [-0.2, -0.15) is 0 Å². The Labute approximate surface area is 396 Å². The van der Waals surface area contributed by atoms with E-state index in [-0.39, 0.29) is 0 Å². The monoisotopic (exact) mass is 881 g/mol. The average molecular weight is 882 g/mol. The van der Waals surface area contributed by atoms with E-state index in [9.17, 15) is 0 Å². The number of rotatable bonds is 7. The molecule has 4 aromatic heterocycles. The molecule has 0 atom stereocenters. The van der Waals surface area contributed by atoms with Gasteiger partial charge in [-0.05, 0) is 77.4 Å². The maximum Gasteiger partial charge on any atom is 0.164 e. The van der Waals surface area contributed by atoms with Crippen LogP contribution in [0.25, 0.3) is 133 Å².